The van der Waals surface area contributed by atoms with Gasteiger partial charge in [-0.3, -0.25) is 14.6 Å². The van der Waals surface area contributed by atoms with Gasteiger partial charge in [0, 0.05) is 26.0 Å². The van der Waals surface area contributed by atoms with E-state index in [4.69, 9.17) is 9.84 Å². The number of methoxy groups -OCH3 is 1. The van der Waals surface area contributed by atoms with E-state index >= 15 is 0 Å². The first-order valence-corrected chi connectivity index (χ1v) is 4.91. The molecule has 0 radical (unpaired) electrons. The molecule has 17 heavy (non-hydrogen) atoms. The fourth-order valence-corrected chi connectivity index (χ4v) is 1.19. The van der Waals surface area contributed by atoms with Gasteiger partial charge in [0.05, 0.1) is 12.8 Å². The Kier molecular flexibility index (Phi) is 5.02. The molecule has 0 bridgehead atoms. The summed E-state index contributed by atoms with van der Waals surface area (Å²) in [6, 6.07) is 0. The Balaban J connectivity index is 2.75. The van der Waals surface area contributed by atoms with Gasteiger partial charge in [0.25, 0.3) is 5.91 Å². The van der Waals surface area contributed by atoms with Crippen LogP contribution in [0.1, 0.15) is 10.5 Å². The molecule has 7 heteroatoms. The summed E-state index contributed by atoms with van der Waals surface area (Å²) in [7, 11) is 1.48. The van der Waals surface area contributed by atoms with Crippen molar-refractivity contribution in [3.05, 3.63) is 24.3 Å². The van der Waals surface area contributed by atoms with Crippen LogP contribution in [-0.4, -0.2) is 58.7 Å². The van der Waals surface area contributed by atoms with Crippen LogP contribution in [0.4, 0.5) is 0 Å². The number of hydrogen-bond donors (Lipinski definition) is 1. The minimum absolute atomic E-state index is 0.116. The molecular weight excluding hydrogens is 226 g/mol. The van der Waals surface area contributed by atoms with Crippen molar-refractivity contribution < 1.29 is 19.4 Å². The van der Waals surface area contributed by atoms with E-state index in [0.717, 1.165) is 4.90 Å². The minimum atomic E-state index is -1.08. The number of ether oxygens (including phenoxy) is 1. The number of hydrogen-bond acceptors (Lipinski definition) is 5. The molecule has 1 aromatic rings. The molecule has 0 saturated carbocycles. The van der Waals surface area contributed by atoms with Gasteiger partial charge in [-0.2, -0.15) is 0 Å². The number of carboxylic acids is 1. The van der Waals surface area contributed by atoms with E-state index in [0.29, 0.717) is 0 Å². The molecule has 1 amide bonds. The smallest absolute Gasteiger partial charge is 0.323 e. The van der Waals surface area contributed by atoms with Gasteiger partial charge in [0.2, 0.25) is 0 Å². The van der Waals surface area contributed by atoms with E-state index in [1.807, 2.05) is 0 Å². The van der Waals surface area contributed by atoms with Crippen molar-refractivity contribution in [3.63, 3.8) is 0 Å². The Hall–Kier alpha value is -2.02. The van der Waals surface area contributed by atoms with Crippen LogP contribution in [0.3, 0.4) is 0 Å². The van der Waals surface area contributed by atoms with E-state index in [2.05, 4.69) is 9.97 Å². The zero-order valence-electron chi connectivity index (χ0n) is 9.37. The number of amides is 1. The molecule has 0 fully saturated rings. The van der Waals surface area contributed by atoms with Crippen LogP contribution in [0.15, 0.2) is 18.6 Å². The lowest BCUT2D eigenvalue weighted by atomic mass is 10.3. The number of nitrogens with zero attached hydrogens (tertiary/aromatic N) is 3. The SMILES string of the molecule is COCCN(CC(=O)O)C(=O)c1cnccn1. The molecule has 0 spiro atoms. The highest BCUT2D eigenvalue weighted by Crippen LogP contribution is 2.00. The van der Waals surface area contributed by atoms with Gasteiger partial charge < -0.3 is 14.7 Å². The standard InChI is InChI=1S/C10H13N3O4/c1-17-5-4-13(7-9(14)15)10(16)8-6-11-2-3-12-8/h2-3,6H,4-5,7H2,1H3,(H,14,15). The zero-order chi connectivity index (χ0) is 12.7. The molecule has 0 saturated heterocycles. The second-order valence-corrected chi connectivity index (χ2v) is 3.20. The fraction of sp³-hybridized carbons (Fsp3) is 0.400. The van der Waals surface area contributed by atoms with Crippen LogP contribution in [-0.2, 0) is 9.53 Å². The van der Waals surface area contributed by atoms with Crippen LogP contribution in [0, 0.1) is 0 Å². The average molecular weight is 239 g/mol. The van der Waals surface area contributed by atoms with Gasteiger partial charge in [-0.15, -0.1) is 0 Å². The maximum Gasteiger partial charge on any atom is 0.323 e. The summed E-state index contributed by atoms with van der Waals surface area (Å²) < 4.78 is 4.82. The van der Waals surface area contributed by atoms with Crippen molar-refractivity contribution in [1.29, 1.82) is 0 Å². The molecule has 0 aliphatic carbocycles. The summed E-state index contributed by atoms with van der Waals surface area (Å²) in [6.07, 6.45) is 4.11. The van der Waals surface area contributed by atoms with Crippen LogP contribution in [0.5, 0.6) is 0 Å². The van der Waals surface area contributed by atoms with E-state index in [1.54, 1.807) is 0 Å². The molecule has 0 atom stereocenters. The first-order chi connectivity index (χ1) is 8.15. The maximum absolute atomic E-state index is 11.9. The molecule has 0 unspecified atom stereocenters. The summed E-state index contributed by atoms with van der Waals surface area (Å²) >= 11 is 0. The highest BCUT2D eigenvalue weighted by atomic mass is 16.5. The van der Waals surface area contributed by atoms with Gasteiger partial charge in [-0.1, -0.05) is 0 Å². The van der Waals surface area contributed by atoms with Gasteiger partial charge in [-0.05, 0) is 0 Å². The summed E-state index contributed by atoms with van der Waals surface area (Å²) in [5, 5.41) is 8.71. The van der Waals surface area contributed by atoms with E-state index in [-0.39, 0.29) is 18.8 Å². The first kappa shape index (κ1) is 13.0. The Bertz CT molecular complexity index is 382. The van der Waals surface area contributed by atoms with Crippen LogP contribution in [0.2, 0.25) is 0 Å². The van der Waals surface area contributed by atoms with Crippen LogP contribution in [0.25, 0.3) is 0 Å². The number of carboxylic acid groups (broad SMARTS) is 1. The quantitative estimate of drug-likeness (QED) is 0.729. The Morgan fingerprint density at radius 3 is 2.76 bits per heavy atom. The molecule has 7 nitrogen and oxygen atoms in total. The first-order valence-electron chi connectivity index (χ1n) is 4.91. The molecule has 1 heterocycles. The summed E-state index contributed by atoms with van der Waals surface area (Å²) in [5.41, 5.74) is 0.116. The number of aliphatic carboxylic acids is 1. The number of carbonyl (C=O) groups is 2. The van der Waals surface area contributed by atoms with Crippen LogP contribution >= 0.6 is 0 Å². The highest BCUT2D eigenvalue weighted by molar-refractivity contribution is 5.93. The van der Waals surface area contributed by atoms with E-state index in [9.17, 15) is 9.59 Å². The monoisotopic (exact) mass is 239 g/mol. The number of carbonyl (C=O) groups excluding carboxylic acids is 1. The van der Waals surface area contributed by atoms with Gasteiger partial charge in [-0.25, -0.2) is 4.98 Å². The second-order valence-electron chi connectivity index (χ2n) is 3.20. The molecule has 1 rings (SSSR count). The summed E-state index contributed by atoms with van der Waals surface area (Å²) in [4.78, 5) is 31.3. The van der Waals surface area contributed by atoms with E-state index in [1.165, 1.54) is 25.7 Å². The van der Waals surface area contributed by atoms with Gasteiger partial charge in [0.15, 0.2) is 0 Å². The predicted octanol–water partition coefficient (Wildman–Crippen LogP) is -0.350. The normalized spacial score (nSPS) is 9.94. The molecular formula is C10H13N3O4. The maximum atomic E-state index is 11.9. The Morgan fingerprint density at radius 1 is 1.47 bits per heavy atom. The summed E-state index contributed by atoms with van der Waals surface area (Å²) in [6.45, 7) is 0.0657. The van der Waals surface area contributed by atoms with Gasteiger partial charge in [0.1, 0.15) is 12.2 Å². The topological polar surface area (TPSA) is 92.6 Å². The molecule has 0 aliphatic rings. The fourth-order valence-electron chi connectivity index (χ4n) is 1.19. The van der Waals surface area contributed by atoms with Gasteiger partial charge >= 0.3 is 5.97 Å². The van der Waals surface area contributed by atoms with Crippen LogP contribution < -0.4 is 0 Å². The van der Waals surface area contributed by atoms with E-state index < -0.39 is 18.4 Å². The predicted molar refractivity (Wildman–Crippen MR) is 57.4 cm³/mol. The third kappa shape index (κ3) is 4.15. The Morgan fingerprint density at radius 2 is 2.24 bits per heavy atom. The largest absolute Gasteiger partial charge is 0.480 e. The highest BCUT2D eigenvalue weighted by Gasteiger charge is 2.19. The minimum Gasteiger partial charge on any atom is -0.480 e. The Labute approximate surface area is 98.1 Å². The summed E-state index contributed by atoms with van der Waals surface area (Å²) in [5.74, 6) is -1.56. The molecule has 0 aliphatic heterocycles. The average Bonchev–Trinajstić information content (AvgIpc) is 2.34. The molecule has 92 valence electrons. The third-order valence-corrected chi connectivity index (χ3v) is 1.96. The third-order valence-electron chi connectivity index (χ3n) is 1.96. The van der Waals surface area contributed by atoms with Crippen molar-refractivity contribution in [2.75, 3.05) is 26.8 Å². The lowest BCUT2D eigenvalue weighted by Crippen LogP contribution is -2.38. The molecule has 1 N–H and O–H groups in total. The number of rotatable bonds is 6. The molecule has 0 aromatic carbocycles. The van der Waals surface area contributed by atoms with Crippen molar-refractivity contribution in [2.24, 2.45) is 0 Å². The van der Waals surface area contributed by atoms with Crippen molar-refractivity contribution in [1.82, 2.24) is 14.9 Å². The lowest BCUT2D eigenvalue weighted by Gasteiger charge is -2.19. The van der Waals surface area contributed by atoms with Crippen molar-refractivity contribution in [3.8, 4) is 0 Å². The van der Waals surface area contributed by atoms with Crippen molar-refractivity contribution in [2.45, 2.75) is 0 Å². The lowest BCUT2D eigenvalue weighted by molar-refractivity contribution is -0.137. The molecule has 1 aromatic heterocycles. The zero-order valence-corrected chi connectivity index (χ0v) is 9.37. The van der Waals surface area contributed by atoms with Crippen molar-refractivity contribution >= 4 is 11.9 Å². The number of aromatic nitrogens is 2. The second kappa shape index (κ2) is 6.54.